The average molecular weight is 359 g/mol. The third-order valence-electron chi connectivity index (χ3n) is 4.61. The van der Waals surface area contributed by atoms with E-state index in [0.29, 0.717) is 18.0 Å². The summed E-state index contributed by atoms with van der Waals surface area (Å²) in [5.41, 5.74) is 1.78. The predicted molar refractivity (Wildman–Crippen MR) is 107 cm³/mol. The second-order valence-electron chi connectivity index (χ2n) is 6.76. The van der Waals surface area contributed by atoms with Gasteiger partial charge in [-0.2, -0.15) is 0 Å². The van der Waals surface area contributed by atoms with Gasteiger partial charge in [0, 0.05) is 5.39 Å². The highest BCUT2D eigenvalue weighted by Gasteiger charge is 2.16. The van der Waals surface area contributed by atoms with Crippen LogP contribution in [0, 0.1) is 6.92 Å². The molecule has 0 saturated carbocycles. The van der Waals surface area contributed by atoms with Gasteiger partial charge in [0.1, 0.15) is 17.9 Å². The lowest BCUT2D eigenvalue weighted by molar-refractivity contribution is 0.0901. The minimum Gasteiger partial charge on any atom is -0.491 e. The normalized spacial score (nSPS) is 12.2. The molecule has 0 spiro atoms. The summed E-state index contributed by atoms with van der Waals surface area (Å²) in [5, 5.41) is 6.08. The van der Waals surface area contributed by atoms with Crippen LogP contribution in [0.5, 0.6) is 5.75 Å². The molecule has 4 aromatic rings. The summed E-state index contributed by atoms with van der Waals surface area (Å²) in [7, 11) is 0. The van der Waals surface area contributed by atoms with Crippen molar-refractivity contribution in [3.8, 4) is 5.75 Å². The van der Waals surface area contributed by atoms with E-state index in [1.807, 2.05) is 80.6 Å². The zero-order valence-electron chi connectivity index (χ0n) is 15.4. The Balaban J connectivity index is 1.48. The monoisotopic (exact) mass is 359 g/mol. The van der Waals surface area contributed by atoms with Crippen molar-refractivity contribution in [1.82, 2.24) is 5.32 Å². The summed E-state index contributed by atoms with van der Waals surface area (Å²) in [5.74, 6) is 0.897. The molecule has 0 bridgehead atoms. The number of carbonyl (C=O) groups is 1. The highest BCUT2D eigenvalue weighted by atomic mass is 16.5. The zero-order chi connectivity index (χ0) is 18.8. The molecular weight excluding hydrogens is 338 g/mol. The fourth-order valence-electron chi connectivity index (χ4n) is 3.17. The smallest absolute Gasteiger partial charge is 0.287 e. The maximum Gasteiger partial charge on any atom is 0.287 e. The van der Waals surface area contributed by atoms with Gasteiger partial charge in [0.2, 0.25) is 0 Å². The van der Waals surface area contributed by atoms with Gasteiger partial charge in [-0.1, -0.05) is 48.5 Å². The molecule has 27 heavy (non-hydrogen) atoms. The molecule has 0 saturated heterocycles. The van der Waals surface area contributed by atoms with E-state index in [2.05, 4.69) is 5.32 Å². The van der Waals surface area contributed by atoms with Gasteiger partial charge in [0.25, 0.3) is 5.91 Å². The number of hydrogen-bond acceptors (Lipinski definition) is 3. The van der Waals surface area contributed by atoms with Gasteiger partial charge in [-0.05, 0) is 48.4 Å². The molecule has 1 N–H and O–H groups in total. The zero-order valence-corrected chi connectivity index (χ0v) is 15.4. The molecule has 4 rings (SSSR count). The molecule has 3 aromatic carbocycles. The van der Waals surface area contributed by atoms with E-state index in [-0.39, 0.29) is 11.9 Å². The van der Waals surface area contributed by atoms with Crippen molar-refractivity contribution in [3.63, 3.8) is 0 Å². The molecule has 4 nitrogen and oxygen atoms in total. The Morgan fingerprint density at radius 1 is 1.04 bits per heavy atom. The maximum atomic E-state index is 12.6. The molecule has 1 heterocycles. The van der Waals surface area contributed by atoms with E-state index in [0.717, 1.165) is 27.5 Å². The summed E-state index contributed by atoms with van der Waals surface area (Å²) in [6.45, 7) is 4.30. The molecule has 0 fully saturated rings. The number of fused-ring (bicyclic) bond motifs is 3. The molecule has 0 aliphatic carbocycles. The fraction of sp³-hybridized carbons (Fsp3) is 0.174. The Kier molecular flexibility index (Phi) is 4.55. The first kappa shape index (κ1) is 17.2. The number of nitrogens with one attached hydrogen (secondary N) is 1. The summed E-state index contributed by atoms with van der Waals surface area (Å²) in [6, 6.07) is 21.5. The second-order valence-corrected chi connectivity index (χ2v) is 6.76. The van der Waals surface area contributed by atoms with Crippen LogP contribution in [0.4, 0.5) is 0 Å². The molecular formula is C23H21NO3. The molecule has 1 aromatic heterocycles. The minimum atomic E-state index is -0.240. The van der Waals surface area contributed by atoms with Crippen LogP contribution in [0.25, 0.3) is 21.7 Å². The summed E-state index contributed by atoms with van der Waals surface area (Å²) < 4.78 is 11.6. The Labute approximate surface area is 157 Å². The number of hydrogen-bond donors (Lipinski definition) is 1. The molecule has 0 aliphatic rings. The van der Waals surface area contributed by atoms with Crippen molar-refractivity contribution >= 4 is 27.6 Å². The largest absolute Gasteiger partial charge is 0.491 e. The quantitative estimate of drug-likeness (QED) is 0.540. The van der Waals surface area contributed by atoms with Crippen LogP contribution in [0.2, 0.25) is 0 Å². The molecule has 0 radical (unpaired) electrons. The molecule has 0 unspecified atom stereocenters. The van der Waals surface area contributed by atoms with Gasteiger partial charge in [-0.15, -0.1) is 0 Å². The number of amides is 1. The highest BCUT2D eigenvalue weighted by molar-refractivity contribution is 6.08. The van der Waals surface area contributed by atoms with E-state index in [1.54, 1.807) is 0 Å². The first-order chi connectivity index (χ1) is 13.1. The van der Waals surface area contributed by atoms with Gasteiger partial charge in [-0.25, -0.2) is 0 Å². The van der Waals surface area contributed by atoms with Gasteiger partial charge in [-0.3, -0.25) is 4.79 Å². The number of carbonyl (C=O) groups excluding carboxylic acids is 1. The standard InChI is InChI=1S/C23H21NO3/c1-15-7-3-6-10-20(15)26-14-16(2)24-23(25)22-13-19-18-9-5-4-8-17(18)11-12-21(19)27-22/h3-13,16H,14H2,1-2H3,(H,24,25)/t16-/m0/s1. The molecule has 1 amide bonds. The van der Waals surface area contributed by atoms with Gasteiger partial charge in [0.15, 0.2) is 5.76 Å². The van der Waals surface area contributed by atoms with E-state index in [4.69, 9.17) is 9.15 Å². The third kappa shape index (κ3) is 3.51. The number of rotatable bonds is 5. The lowest BCUT2D eigenvalue weighted by Gasteiger charge is -2.15. The van der Waals surface area contributed by atoms with Gasteiger partial charge < -0.3 is 14.5 Å². The van der Waals surface area contributed by atoms with Crippen molar-refractivity contribution in [2.45, 2.75) is 19.9 Å². The maximum absolute atomic E-state index is 12.6. The Morgan fingerprint density at radius 2 is 1.81 bits per heavy atom. The number of benzene rings is 3. The molecule has 136 valence electrons. The van der Waals surface area contributed by atoms with Crippen molar-refractivity contribution in [3.05, 3.63) is 78.1 Å². The first-order valence-electron chi connectivity index (χ1n) is 9.02. The first-order valence-corrected chi connectivity index (χ1v) is 9.02. The number of furan rings is 1. The van der Waals surface area contributed by atoms with Crippen molar-refractivity contribution in [2.24, 2.45) is 0 Å². The second kappa shape index (κ2) is 7.16. The van der Waals surface area contributed by atoms with Crippen LogP contribution in [-0.4, -0.2) is 18.6 Å². The number of aryl methyl sites for hydroxylation is 1. The number of para-hydroxylation sites is 1. The van der Waals surface area contributed by atoms with Crippen molar-refractivity contribution in [1.29, 1.82) is 0 Å². The fourth-order valence-corrected chi connectivity index (χ4v) is 3.17. The van der Waals surface area contributed by atoms with Crippen LogP contribution in [0.3, 0.4) is 0 Å². The number of ether oxygens (including phenoxy) is 1. The Bertz CT molecular complexity index is 1110. The topological polar surface area (TPSA) is 51.5 Å². The lowest BCUT2D eigenvalue weighted by Crippen LogP contribution is -2.36. The van der Waals surface area contributed by atoms with Crippen LogP contribution >= 0.6 is 0 Å². The van der Waals surface area contributed by atoms with E-state index in [9.17, 15) is 4.79 Å². The molecule has 4 heteroatoms. The summed E-state index contributed by atoms with van der Waals surface area (Å²) >= 11 is 0. The van der Waals surface area contributed by atoms with Crippen LogP contribution in [0.15, 0.2) is 71.1 Å². The van der Waals surface area contributed by atoms with Crippen LogP contribution in [-0.2, 0) is 0 Å². The van der Waals surface area contributed by atoms with Crippen molar-refractivity contribution in [2.75, 3.05) is 6.61 Å². The SMILES string of the molecule is Cc1ccccc1OC[C@H](C)NC(=O)c1cc2c(ccc3ccccc32)o1. The van der Waals surface area contributed by atoms with E-state index < -0.39 is 0 Å². The van der Waals surface area contributed by atoms with Crippen LogP contribution < -0.4 is 10.1 Å². The van der Waals surface area contributed by atoms with Crippen molar-refractivity contribution < 1.29 is 13.9 Å². The minimum absolute atomic E-state index is 0.151. The lowest BCUT2D eigenvalue weighted by atomic mass is 10.1. The molecule has 1 atom stereocenters. The average Bonchev–Trinajstić information content (AvgIpc) is 3.12. The summed E-state index contributed by atoms with van der Waals surface area (Å²) in [4.78, 5) is 12.6. The van der Waals surface area contributed by atoms with Gasteiger partial charge >= 0.3 is 0 Å². The van der Waals surface area contributed by atoms with Gasteiger partial charge in [0.05, 0.1) is 6.04 Å². The highest BCUT2D eigenvalue weighted by Crippen LogP contribution is 2.28. The van der Waals surface area contributed by atoms with E-state index in [1.165, 1.54) is 0 Å². The Morgan fingerprint density at radius 3 is 2.67 bits per heavy atom. The van der Waals surface area contributed by atoms with Crippen LogP contribution in [0.1, 0.15) is 23.0 Å². The predicted octanol–water partition coefficient (Wildman–Crippen LogP) is 5.09. The van der Waals surface area contributed by atoms with E-state index >= 15 is 0 Å². The summed E-state index contributed by atoms with van der Waals surface area (Å²) in [6.07, 6.45) is 0. The third-order valence-corrected chi connectivity index (χ3v) is 4.61. The molecule has 0 aliphatic heterocycles. The Hall–Kier alpha value is -3.27.